The first-order valence-electron chi connectivity index (χ1n) is 7.02. The summed E-state index contributed by atoms with van der Waals surface area (Å²) in [6.07, 6.45) is 6.17. The minimum atomic E-state index is -0.265. The second kappa shape index (κ2) is 7.82. The number of aromatic nitrogens is 2. The maximum atomic E-state index is 11.7. The highest BCUT2D eigenvalue weighted by Gasteiger charge is 2.04. The quantitative estimate of drug-likeness (QED) is 0.706. The van der Waals surface area contributed by atoms with Crippen molar-refractivity contribution in [2.45, 2.75) is 13.0 Å². The number of nitrogens with one attached hydrogen (secondary N) is 3. The molecule has 3 N–H and O–H groups in total. The van der Waals surface area contributed by atoms with Crippen LogP contribution >= 0.6 is 0 Å². The van der Waals surface area contributed by atoms with Crippen molar-refractivity contribution in [1.82, 2.24) is 20.2 Å². The molecule has 0 spiro atoms. The van der Waals surface area contributed by atoms with Crippen LogP contribution in [0.3, 0.4) is 0 Å². The standard InChI is InChI=1S/C15H19N5O2/c1-16-14(21)12-3-5-13(6-4-12)19-15(22)18-7-2-9-20-10-8-17-11-20/h3-6,8,10-11H,2,7,9H2,1H3,(H,16,21)(H2,18,19,22). The van der Waals surface area contributed by atoms with E-state index in [4.69, 9.17) is 0 Å². The zero-order chi connectivity index (χ0) is 15.8. The average Bonchev–Trinajstić information content (AvgIpc) is 3.05. The highest BCUT2D eigenvalue weighted by Crippen LogP contribution is 2.09. The Bertz CT molecular complexity index is 607. The molecule has 1 aromatic heterocycles. The fraction of sp³-hybridized carbons (Fsp3) is 0.267. The first-order chi connectivity index (χ1) is 10.7. The van der Waals surface area contributed by atoms with Crippen LogP contribution in [0.4, 0.5) is 10.5 Å². The van der Waals surface area contributed by atoms with Gasteiger partial charge in [0.2, 0.25) is 0 Å². The van der Waals surface area contributed by atoms with Crippen molar-refractivity contribution in [2.24, 2.45) is 0 Å². The smallest absolute Gasteiger partial charge is 0.319 e. The Labute approximate surface area is 128 Å². The lowest BCUT2D eigenvalue weighted by atomic mass is 10.2. The van der Waals surface area contributed by atoms with Crippen molar-refractivity contribution in [1.29, 1.82) is 0 Å². The van der Waals surface area contributed by atoms with Crippen LogP contribution in [0.1, 0.15) is 16.8 Å². The van der Waals surface area contributed by atoms with E-state index in [1.165, 1.54) is 0 Å². The normalized spacial score (nSPS) is 10.0. The van der Waals surface area contributed by atoms with Gasteiger partial charge in [-0.15, -0.1) is 0 Å². The molecule has 0 radical (unpaired) electrons. The van der Waals surface area contributed by atoms with Gasteiger partial charge in [0, 0.05) is 43.8 Å². The molecule has 1 heterocycles. The summed E-state index contributed by atoms with van der Waals surface area (Å²) in [5.74, 6) is -0.157. The lowest BCUT2D eigenvalue weighted by Crippen LogP contribution is -2.30. The minimum absolute atomic E-state index is 0.157. The van der Waals surface area contributed by atoms with E-state index in [0.29, 0.717) is 17.8 Å². The first kappa shape index (κ1) is 15.6. The Morgan fingerprint density at radius 1 is 1.23 bits per heavy atom. The molecule has 1 aromatic carbocycles. The van der Waals surface area contributed by atoms with E-state index in [1.807, 2.05) is 10.8 Å². The predicted molar refractivity (Wildman–Crippen MR) is 83.7 cm³/mol. The second-order valence-corrected chi connectivity index (χ2v) is 4.69. The number of carbonyl (C=O) groups is 2. The van der Waals surface area contributed by atoms with Gasteiger partial charge in [0.25, 0.3) is 5.91 Å². The molecule has 2 aromatic rings. The topological polar surface area (TPSA) is 88.0 Å². The summed E-state index contributed by atoms with van der Waals surface area (Å²) in [7, 11) is 1.58. The average molecular weight is 301 g/mol. The van der Waals surface area contributed by atoms with Crippen molar-refractivity contribution in [2.75, 3.05) is 18.9 Å². The van der Waals surface area contributed by atoms with E-state index in [-0.39, 0.29) is 11.9 Å². The van der Waals surface area contributed by atoms with Crippen LogP contribution in [0.25, 0.3) is 0 Å². The Kier molecular flexibility index (Phi) is 5.53. The number of hydrogen-bond donors (Lipinski definition) is 3. The number of imidazole rings is 1. The molecule has 2 rings (SSSR count). The third-order valence-electron chi connectivity index (χ3n) is 3.07. The number of amides is 3. The van der Waals surface area contributed by atoms with Gasteiger partial charge in [-0.05, 0) is 30.7 Å². The lowest BCUT2D eigenvalue weighted by Gasteiger charge is -2.08. The molecule has 0 atom stereocenters. The van der Waals surface area contributed by atoms with Crippen LogP contribution in [-0.2, 0) is 6.54 Å². The van der Waals surface area contributed by atoms with Gasteiger partial charge < -0.3 is 20.5 Å². The van der Waals surface area contributed by atoms with Gasteiger partial charge in [0.05, 0.1) is 6.33 Å². The molecule has 22 heavy (non-hydrogen) atoms. The van der Waals surface area contributed by atoms with E-state index in [2.05, 4.69) is 20.9 Å². The highest BCUT2D eigenvalue weighted by atomic mass is 16.2. The Morgan fingerprint density at radius 2 is 2.00 bits per heavy atom. The molecule has 0 unspecified atom stereocenters. The molecular weight excluding hydrogens is 282 g/mol. The summed E-state index contributed by atoms with van der Waals surface area (Å²) >= 11 is 0. The third-order valence-corrected chi connectivity index (χ3v) is 3.07. The molecule has 0 fully saturated rings. The Hall–Kier alpha value is -2.83. The molecule has 0 saturated heterocycles. The summed E-state index contributed by atoms with van der Waals surface area (Å²) in [5.41, 5.74) is 1.19. The third kappa shape index (κ3) is 4.62. The predicted octanol–water partition coefficient (Wildman–Crippen LogP) is 1.45. The fourth-order valence-corrected chi connectivity index (χ4v) is 1.91. The number of urea groups is 1. The van der Waals surface area contributed by atoms with E-state index < -0.39 is 0 Å². The number of nitrogens with zero attached hydrogens (tertiary/aromatic N) is 2. The number of hydrogen-bond acceptors (Lipinski definition) is 3. The van der Waals surface area contributed by atoms with Crippen molar-refractivity contribution in [3.05, 3.63) is 48.5 Å². The van der Waals surface area contributed by atoms with Gasteiger partial charge in [-0.2, -0.15) is 0 Å². The number of rotatable bonds is 6. The Balaban J connectivity index is 1.71. The van der Waals surface area contributed by atoms with Crippen molar-refractivity contribution in [3.8, 4) is 0 Å². The van der Waals surface area contributed by atoms with E-state index in [0.717, 1.165) is 13.0 Å². The molecule has 0 aliphatic heterocycles. The molecule has 0 bridgehead atoms. The number of benzene rings is 1. The number of carbonyl (C=O) groups excluding carboxylic acids is 2. The molecular formula is C15H19N5O2. The van der Waals surface area contributed by atoms with Gasteiger partial charge >= 0.3 is 6.03 Å². The minimum Gasteiger partial charge on any atom is -0.355 e. The second-order valence-electron chi connectivity index (χ2n) is 4.69. The van der Waals surface area contributed by atoms with Gasteiger partial charge in [-0.1, -0.05) is 0 Å². The number of anilines is 1. The van der Waals surface area contributed by atoms with Gasteiger partial charge in [-0.3, -0.25) is 4.79 Å². The summed E-state index contributed by atoms with van der Waals surface area (Å²) in [4.78, 5) is 27.1. The van der Waals surface area contributed by atoms with Gasteiger partial charge in [0.15, 0.2) is 0 Å². The molecule has 0 aliphatic carbocycles. The summed E-state index contributed by atoms with van der Waals surface area (Å²) in [5, 5.41) is 8.04. The SMILES string of the molecule is CNC(=O)c1ccc(NC(=O)NCCCn2ccnc2)cc1. The van der Waals surface area contributed by atoms with Crippen molar-refractivity contribution >= 4 is 17.6 Å². The van der Waals surface area contributed by atoms with Gasteiger partial charge in [0.1, 0.15) is 0 Å². The maximum absolute atomic E-state index is 11.7. The van der Waals surface area contributed by atoms with Crippen LogP contribution in [0.15, 0.2) is 43.0 Å². The Morgan fingerprint density at radius 3 is 2.64 bits per heavy atom. The molecule has 116 valence electrons. The summed E-state index contributed by atoms with van der Waals surface area (Å²) in [6, 6.07) is 6.44. The zero-order valence-corrected chi connectivity index (χ0v) is 12.4. The lowest BCUT2D eigenvalue weighted by molar-refractivity contribution is 0.0963. The van der Waals surface area contributed by atoms with Crippen LogP contribution in [0.5, 0.6) is 0 Å². The number of aryl methyl sites for hydroxylation is 1. The largest absolute Gasteiger partial charge is 0.355 e. The maximum Gasteiger partial charge on any atom is 0.319 e. The van der Waals surface area contributed by atoms with Crippen molar-refractivity contribution < 1.29 is 9.59 Å². The zero-order valence-electron chi connectivity index (χ0n) is 12.4. The molecule has 7 nitrogen and oxygen atoms in total. The highest BCUT2D eigenvalue weighted by molar-refractivity contribution is 5.95. The van der Waals surface area contributed by atoms with Gasteiger partial charge in [-0.25, -0.2) is 9.78 Å². The monoisotopic (exact) mass is 301 g/mol. The van der Waals surface area contributed by atoms with Crippen LogP contribution in [0.2, 0.25) is 0 Å². The van der Waals surface area contributed by atoms with Crippen LogP contribution in [-0.4, -0.2) is 35.1 Å². The summed E-state index contributed by atoms with van der Waals surface area (Å²) in [6.45, 7) is 1.38. The van der Waals surface area contributed by atoms with E-state index >= 15 is 0 Å². The van der Waals surface area contributed by atoms with Crippen molar-refractivity contribution in [3.63, 3.8) is 0 Å². The molecule has 0 saturated carbocycles. The van der Waals surface area contributed by atoms with E-state index in [9.17, 15) is 9.59 Å². The molecule has 0 aliphatic rings. The fourth-order valence-electron chi connectivity index (χ4n) is 1.91. The summed E-state index contributed by atoms with van der Waals surface area (Å²) < 4.78 is 1.96. The first-order valence-corrected chi connectivity index (χ1v) is 7.02. The van der Waals surface area contributed by atoms with E-state index in [1.54, 1.807) is 43.8 Å². The molecule has 7 heteroatoms. The van der Waals surface area contributed by atoms with Crippen LogP contribution < -0.4 is 16.0 Å². The molecule has 3 amide bonds. The van der Waals surface area contributed by atoms with Crippen LogP contribution in [0, 0.1) is 0 Å².